The van der Waals surface area contributed by atoms with Crippen LogP contribution in [0.5, 0.6) is 0 Å². The van der Waals surface area contributed by atoms with Crippen LogP contribution in [0.25, 0.3) is 16.9 Å². The van der Waals surface area contributed by atoms with Gasteiger partial charge in [-0.3, -0.25) is 4.98 Å². The molecule has 0 radical (unpaired) electrons. The average molecular weight is 432 g/mol. The molecule has 3 aromatic heterocycles. The maximum atomic E-state index is 14.3. The van der Waals surface area contributed by atoms with Gasteiger partial charge in [0.2, 0.25) is 16.0 Å². The van der Waals surface area contributed by atoms with Gasteiger partial charge >= 0.3 is 0 Å². The van der Waals surface area contributed by atoms with E-state index in [1.165, 1.54) is 21.1 Å². The fourth-order valence-corrected chi connectivity index (χ4v) is 5.63. The van der Waals surface area contributed by atoms with Crippen molar-refractivity contribution in [2.45, 2.75) is 36.7 Å². The third-order valence-electron chi connectivity index (χ3n) is 5.56. The fourth-order valence-electron chi connectivity index (χ4n) is 3.76. The molecule has 4 heterocycles. The minimum Gasteiger partial charge on any atom is -0.390 e. The van der Waals surface area contributed by atoms with Gasteiger partial charge in [0.1, 0.15) is 5.52 Å². The maximum absolute atomic E-state index is 14.3. The van der Waals surface area contributed by atoms with Crippen LogP contribution < -0.4 is 5.32 Å². The molecule has 0 spiro atoms. The Labute approximate surface area is 172 Å². The van der Waals surface area contributed by atoms with Crippen LogP contribution in [0.1, 0.15) is 19.3 Å². The maximum Gasteiger partial charge on any atom is 0.241 e. The van der Waals surface area contributed by atoms with Gasteiger partial charge in [-0.2, -0.15) is 4.31 Å². The third kappa shape index (κ3) is 3.42. The molecule has 5 rings (SSSR count). The van der Waals surface area contributed by atoms with E-state index in [1.807, 2.05) is 0 Å². The van der Waals surface area contributed by atoms with Gasteiger partial charge < -0.3 is 10.4 Å². The predicted octanol–water partition coefficient (Wildman–Crippen LogP) is 1.27. The first-order chi connectivity index (χ1) is 14.4. The van der Waals surface area contributed by atoms with Crippen molar-refractivity contribution in [2.75, 3.05) is 18.4 Å². The number of halogens is 1. The van der Waals surface area contributed by atoms with E-state index in [0.29, 0.717) is 37.2 Å². The monoisotopic (exact) mass is 432 g/mol. The number of aliphatic hydroxyl groups is 1. The van der Waals surface area contributed by atoms with E-state index < -0.39 is 28.0 Å². The highest BCUT2D eigenvalue weighted by Crippen LogP contribution is 2.32. The largest absolute Gasteiger partial charge is 0.390 e. The minimum atomic E-state index is -3.32. The van der Waals surface area contributed by atoms with Crippen LogP contribution in [0, 0.1) is 5.82 Å². The van der Waals surface area contributed by atoms with Crippen molar-refractivity contribution in [3.05, 3.63) is 42.5 Å². The van der Waals surface area contributed by atoms with Crippen molar-refractivity contribution >= 4 is 21.5 Å². The summed E-state index contributed by atoms with van der Waals surface area (Å²) in [6, 6.07) is 6.28. The van der Waals surface area contributed by atoms with Gasteiger partial charge in [0, 0.05) is 25.4 Å². The van der Waals surface area contributed by atoms with Crippen LogP contribution in [0.15, 0.2) is 36.7 Å². The van der Waals surface area contributed by atoms with E-state index in [2.05, 4.69) is 20.4 Å². The van der Waals surface area contributed by atoms with E-state index in [4.69, 9.17) is 0 Å². The van der Waals surface area contributed by atoms with Crippen LogP contribution in [-0.2, 0) is 10.0 Å². The lowest BCUT2D eigenvalue weighted by Crippen LogP contribution is -2.52. The number of aliphatic hydroxyl groups excluding tert-OH is 1. The van der Waals surface area contributed by atoms with Gasteiger partial charge in [0.05, 0.1) is 35.0 Å². The molecule has 2 atom stereocenters. The van der Waals surface area contributed by atoms with Crippen LogP contribution in [0.4, 0.5) is 10.3 Å². The molecule has 1 saturated carbocycles. The van der Waals surface area contributed by atoms with Gasteiger partial charge in [-0.15, -0.1) is 5.10 Å². The molecular formula is C19H21FN6O3S. The summed E-state index contributed by atoms with van der Waals surface area (Å²) < 4.78 is 41.9. The highest BCUT2D eigenvalue weighted by molar-refractivity contribution is 7.90. The Hall–Kier alpha value is -2.63. The topological polar surface area (TPSA) is 113 Å². The number of hydrogen-bond donors (Lipinski definition) is 2. The standard InChI is InChI=1S/C19H21FN6O3S/c20-13-9-16(14-3-1-2-7-21-14)26-17(13)10-22-19(24-26)23-15-6-8-25(11-18(15)27)30(28,29)12-4-5-12/h1-3,7,9-10,12,15,18,27H,4-6,8,11H2,(H,23,24)/t15-,18-/m1/s1. The Morgan fingerprint density at radius 2 is 2.03 bits per heavy atom. The number of rotatable bonds is 5. The number of aromatic nitrogens is 4. The van der Waals surface area contributed by atoms with Crippen LogP contribution in [0.2, 0.25) is 0 Å². The lowest BCUT2D eigenvalue weighted by molar-refractivity contribution is 0.0946. The van der Waals surface area contributed by atoms with Gasteiger partial charge in [-0.1, -0.05) is 6.07 Å². The number of β-amino-alcohol motifs (C(OH)–C–C–N with tert-alkyl or cyclic N) is 1. The van der Waals surface area contributed by atoms with Gasteiger partial charge in [0.15, 0.2) is 5.82 Å². The van der Waals surface area contributed by atoms with Crippen molar-refractivity contribution < 1.29 is 17.9 Å². The van der Waals surface area contributed by atoms with Crippen molar-refractivity contribution in [1.29, 1.82) is 0 Å². The van der Waals surface area contributed by atoms with Gasteiger partial charge in [-0.05, 0) is 31.4 Å². The summed E-state index contributed by atoms with van der Waals surface area (Å²) >= 11 is 0. The van der Waals surface area contributed by atoms with Crippen molar-refractivity contribution in [1.82, 2.24) is 23.9 Å². The summed E-state index contributed by atoms with van der Waals surface area (Å²) in [4.78, 5) is 8.41. The Balaban J connectivity index is 1.37. The van der Waals surface area contributed by atoms with Crippen molar-refractivity contribution in [3.63, 3.8) is 0 Å². The lowest BCUT2D eigenvalue weighted by Gasteiger charge is -2.35. The number of nitrogens with zero attached hydrogens (tertiary/aromatic N) is 5. The predicted molar refractivity (Wildman–Crippen MR) is 108 cm³/mol. The first-order valence-corrected chi connectivity index (χ1v) is 11.3. The Kier molecular flexibility index (Phi) is 4.68. The molecule has 0 amide bonds. The molecule has 30 heavy (non-hydrogen) atoms. The number of anilines is 1. The second-order valence-corrected chi connectivity index (χ2v) is 9.89. The van der Waals surface area contributed by atoms with Crippen molar-refractivity contribution in [2.24, 2.45) is 0 Å². The molecule has 0 aromatic carbocycles. The SMILES string of the molecule is O=S(=O)(C1CC1)N1CC[C@@H](Nc2ncc3c(F)cc(-c4ccccn4)n3n2)[C@H](O)C1. The highest BCUT2D eigenvalue weighted by atomic mass is 32.2. The van der Waals surface area contributed by atoms with Gasteiger partial charge in [-0.25, -0.2) is 22.3 Å². The molecule has 1 aliphatic carbocycles. The second kappa shape index (κ2) is 7.25. The van der Waals surface area contributed by atoms with E-state index in [-0.39, 0.29) is 23.3 Å². The van der Waals surface area contributed by atoms with Crippen LogP contribution in [0.3, 0.4) is 0 Å². The molecule has 11 heteroatoms. The summed E-state index contributed by atoms with van der Waals surface area (Å²) in [7, 11) is -3.32. The number of nitrogens with one attached hydrogen (secondary N) is 1. The van der Waals surface area contributed by atoms with E-state index in [9.17, 15) is 17.9 Å². The number of fused-ring (bicyclic) bond motifs is 1. The quantitative estimate of drug-likeness (QED) is 0.624. The molecule has 1 saturated heterocycles. The summed E-state index contributed by atoms with van der Waals surface area (Å²) in [5.74, 6) is -0.237. The molecule has 2 aliphatic rings. The zero-order valence-corrected chi connectivity index (χ0v) is 16.8. The Morgan fingerprint density at radius 3 is 2.73 bits per heavy atom. The Bertz CT molecular complexity index is 1180. The lowest BCUT2D eigenvalue weighted by atomic mass is 10.0. The summed E-state index contributed by atoms with van der Waals surface area (Å²) in [5.41, 5.74) is 1.27. The fraction of sp³-hybridized carbons (Fsp3) is 0.421. The number of hydrogen-bond acceptors (Lipinski definition) is 7. The molecule has 0 unspecified atom stereocenters. The highest BCUT2D eigenvalue weighted by Gasteiger charge is 2.43. The number of piperidine rings is 1. The molecule has 3 aromatic rings. The molecular weight excluding hydrogens is 411 g/mol. The van der Waals surface area contributed by atoms with E-state index >= 15 is 0 Å². The van der Waals surface area contributed by atoms with Crippen LogP contribution in [-0.4, -0.2) is 67.9 Å². The smallest absolute Gasteiger partial charge is 0.241 e. The second-order valence-electron chi connectivity index (χ2n) is 7.68. The minimum absolute atomic E-state index is 0.0378. The molecule has 2 N–H and O–H groups in total. The van der Waals surface area contributed by atoms with Crippen molar-refractivity contribution in [3.8, 4) is 11.4 Å². The van der Waals surface area contributed by atoms with E-state index in [0.717, 1.165) is 0 Å². The summed E-state index contributed by atoms with van der Waals surface area (Å²) in [6.45, 7) is 0.364. The third-order valence-corrected chi connectivity index (χ3v) is 7.93. The first kappa shape index (κ1) is 19.3. The molecule has 0 bridgehead atoms. The number of pyridine rings is 1. The summed E-state index contributed by atoms with van der Waals surface area (Å²) in [6.07, 6.45) is 3.89. The molecule has 1 aliphatic heterocycles. The number of sulfonamides is 1. The summed E-state index contributed by atoms with van der Waals surface area (Å²) in [5, 5.41) is 17.7. The zero-order chi connectivity index (χ0) is 20.9. The zero-order valence-electron chi connectivity index (χ0n) is 16.0. The first-order valence-electron chi connectivity index (χ1n) is 9.83. The normalized spacial score (nSPS) is 23.0. The van der Waals surface area contributed by atoms with E-state index in [1.54, 1.807) is 24.4 Å². The molecule has 2 fully saturated rings. The van der Waals surface area contributed by atoms with Gasteiger partial charge in [0.25, 0.3) is 0 Å². The average Bonchev–Trinajstić information content (AvgIpc) is 3.55. The Morgan fingerprint density at radius 1 is 1.20 bits per heavy atom. The van der Waals surface area contributed by atoms with Crippen LogP contribution >= 0.6 is 0 Å². The molecule has 158 valence electrons. The molecule has 9 nitrogen and oxygen atoms in total.